The Bertz CT molecular complexity index is 472. The highest BCUT2D eigenvalue weighted by atomic mass is 32.2. The second kappa shape index (κ2) is 6.72. The van der Waals surface area contributed by atoms with E-state index in [1.165, 1.54) is 0 Å². The van der Waals surface area contributed by atoms with Crippen LogP contribution < -0.4 is 14.8 Å². The van der Waals surface area contributed by atoms with Gasteiger partial charge in [-0.3, -0.25) is 0 Å². The molecule has 0 unspecified atom stereocenters. The van der Waals surface area contributed by atoms with Crippen LogP contribution in [0.4, 0.5) is 0 Å². The molecule has 1 rings (SSSR count). The van der Waals surface area contributed by atoms with Crippen molar-refractivity contribution >= 4 is 10.0 Å². The molecule has 0 amide bonds. The van der Waals surface area contributed by atoms with Gasteiger partial charge in [0.1, 0.15) is 17.3 Å². The molecular weight excluding hydrogens is 252 g/mol. The Morgan fingerprint density at radius 1 is 1.28 bits per heavy atom. The molecule has 18 heavy (non-hydrogen) atoms. The van der Waals surface area contributed by atoms with Crippen LogP contribution in [0, 0.1) is 0 Å². The van der Waals surface area contributed by atoms with E-state index in [-0.39, 0.29) is 10.9 Å². The lowest BCUT2D eigenvalue weighted by Crippen LogP contribution is -2.30. The Hall–Kier alpha value is -1.11. The number of nitrogens with one attached hydrogen (secondary N) is 2. The van der Waals surface area contributed by atoms with E-state index >= 15 is 0 Å². The van der Waals surface area contributed by atoms with Gasteiger partial charge in [-0.1, -0.05) is 12.1 Å². The van der Waals surface area contributed by atoms with Gasteiger partial charge in [0.2, 0.25) is 10.0 Å². The number of benzene rings is 1. The molecule has 0 aliphatic heterocycles. The van der Waals surface area contributed by atoms with Gasteiger partial charge >= 0.3 is 0 Å². The third-order valence-corrected chi connectivity index (χ3v) is 3.84. The van der Waals surface area contributed by atoms with Crippen LogP contribution in [0.1, 0.15) is 13.8 Å². The molecule has 0 fully saturated rings. The number of para-hydroxylation sites is 1. The summed E-state index contributed by atoms with van der Waals surface area (Å²) in [5, 5.41) is 2.94. The third-order valence-electron chi connectivity index (χ3n) is 2.14. The highest BCUT2D eigenvalue weighted by Gasteiger charge is 2.19. The molecule has 0 aliphatic carbocycles. The molecule has 0 heterocycles. The minimum absolute atomic E-state index is 0.152. The summed E-state index contributed by atoms with van der Waals surface area (Å²) >= 11 is 0. The van der Waals surface area contributed by atoms with Crippen LogP contribution in [0.15, 0.2) is 29.2 Å². The number of ether oxygens (including phenoxy) is 1. The zero-order chi connectivity index (χ0) is 13.6. The van der Waals surface area contributed by atoms with Gasteiger partial charge in [0.05, 0.1) is 0 Å². The molecule has 5 nitrogen and oxygen atoms in total. The Morgan fingerprint density at radius 2 is 1.94 bits per heavy atom. The van der Waals surface area contributed by atoms with Gasteiger partial charge in [-0.05, 0) is 33.0 Å². The fourth-order valence-electron chi connectivity index (χ4n) is 1.43. The average molecular weight is 272 g/mol. The largest absolute Gasteiger partial charge is 0.491 e. The van der Waals surface area contributed by atoms with E-state index in [1.54, 1.807) is 38.1 Å². The summed E-state index contributed by atoms with van der Waals surface area (Å²) in [6.45, 7) is 4.64. The molecule has 0 radical (unpaired) electrons. The van der Waals surface area contributed by atoms with Gasteiger partial charge in [0, 0.05) is 12.6 Å². The standard InChI is InChI=1S/C12H20N2O3S/c1-10(2)14-18(15,16)12-7-5-4-6-11(12)17-9-8-13-3/h4-7,10,13-14H,8-9H2,1-3H3. The Balaban J connectivity index is 2.94. The number of sulfonamides is 1. The van der Waals surface area contributed by atoms with Gasteiger partial charge < -0.3 is 10.1 Å². The van der Waals surface area contributed by atoms with Gasteiger partial charge in [-0.25, -0.2) is 13.1 Å². The Kier molecular flexibility index (Phi) is 5.58. The van der Waals surface area contributed by atoms with Crippen LogP contribution in [0.3, 0.4) is 0 Å². The molecule has 1 aromatic rings. The number of likely N-dealkylation sites (N-methyl/N-ethyl adjacent to an activating group) is 1. The molecule has 0 spiro atoms. The quantitative estimate of drug-likeness (QED) is 0.726. The molecule has 0 bridgehead atoms. The molecule has 0 saturated carbocycles. The van der Waals surface area contributed by atoms with Crippen molar-refractivity contribution < 1.29 is 13.2 Å². The smallest absolute Gasteiger partial charge is 0.244 e. The normalized spacial score (nSPS) is 11.8. The molecule has 102 valence electrons. The van der Waals surface area contributed by atoms with Crippen LogP contribution in [-0.4, -0.2) is 34.7 Å². The SMILES string of the molecule is CNCCOc1ccccc1S(=O)(=O)NC(C)C. The second-order valence-electron chi connectivity index (χ2n) is 4.17. The van der Waals surface area contributed by atoms with Crippen LogP contribution in [0.2, 0.25) is 0 Å². The van der Waals surface area contributed by atoms with Gasteiger partial charge in [0.15, 0.2) is 0 Å². The zero-order valence-electron chi connectivity index (χ0n) is 10.9. The van der Waals surface area contributed by atoms with E-state index in [0.29, 0.717) is 18.9 Å². The minimum atomic E-state index is -3.52. The maximum atomic E-state index is 12.1. The lowest BCUT2D eigenvalue weighted by molar-refractivity contribution is 0.310. The summed E-state index contributed by atoms with van der Waals surface area (Å²) in [6.07, 6.45) is 0. The summed E-state index contributed by atoms with van der Waals surface area (Å²) in [6, 6.07) is 6.48. The molecule has 0 atom stereocenters. The van der Waals surface area contributed by atoms with Crippen molar-refractivity contribution in [1.82, 2.24) is 10.0 Å². The monoisotopic (exact) mass is 272 g/mol. The average Bonchev–Trinajstić information content (AvgIpc) is 2.28. The third kappa shape index (κ3) is 4.29. The van der Waals surface area contributed by atoms with Crippen LogP contribution in [0.25, 0.3) is 0 Å². The lowest BCUT2D eigenvalue weighted by atomic mass is 10.3. The molecule has 6 heteroatoms. The Labute approximate surface area is 109 Å². The van der Waals surface area contributed by atoms with E-state index in [0.717, 1.165) is 0 Å². The number of rotatable bonds is 7. The Morgan fingerprint density at radius 3 is 2.56 bits per heavy atom. The highest BCUT2D eigenvalue weighted by molar-refractivity contribution is 7.89. The molecule has 0 aliphatic rings. The van der Waals surface area contributed by atoms with E-state index in [2.05, 4.69) is 10.0 Å². The van der Waals surface area contributed by atoms with Gasteiger partial charge in [-0.15, -0.1) is 0 Å². The first-order chi connectivity index (χ1) is 8.47. The van der Waals surface area contributed by atoms with E-state index in [9.17, 15) is 8.42 Å². The van der Waals surface area contributed by atoms with Gasteiger partial charge in [-0.2, -0.15) is 0 Å². The van der Waals surface area contributed by atoms with Crippen LogP contribution in [-0.2, 0) is 10.0 Å². The molecule has 2 N–H and O–H groups in total. The fourth-order valence-corrected chi connectivity index (χ4v) is 2.83. The topological polar surface area (TPSA) is 67.4 Å². The molecule has 0 saturated heterocycles. The maximum Gasteiger partial charge on any atom is 0.244 e. The van der Waals surface area contributed by atoms with Gasteiger partial charge in [0.25, 0.3) is 0 Å². The van der Waals surface area contributed by atoms with Crippen molar-refractivity contribution in [2.45, 2.75) is 24.8 Å². The predicted molar refractivity (Wildman–Crippen MR) is 71.3 cm³/mol. The van der Waals surface area contributed by atoms with Crippen molar-refractivity contribution in [2.75, 3.05) is 20.2 Å². The van der Waals surface area contributed by atoms with Crippen molar-refractivity contribution in [3.8, 4) is 5.75 Å². The summed E-state index contributed by atoms with van der Waals surface area (Å²) in [5.74, 6) is 0.376. The summed E-state index contributed by atoms with van der Waals surface area (Å²) in [4.78, 5) is 0.176. The number of hydrogen-bond acceptors (Lipinski definition) is 4. The van der Waals surface area contributed by atoms with Crippen molar-refractivity contribution in [2.24, 2.45) is 0 Å². The first-order valence-electron chi connectivity index (χ1n) is 5.86. The summed E-state index contributed by atoms with van der Waals surface area (Å²) in [7, 11) is -1.71. The van der Waals surface area contributed by atoms with E-state index in [1.807, 2.05) is 7.05 Å². The maximum absolute atomic E-state index is 12.1. The fraction of sp³-hybridized carbons (Fsp3) is 0.500. The van der Waals surface area contributed by atoms with Crippen molar-refractivity contribution in [3.63, 3.8) is 0 Å². The predicted octanol–water partition coefficient (Wildman–Crippen LogP) is 0.971. The second-order valence-corrected chi connectivity index (χ2v) is 5.86. The first kappa shape index (κ1) is 14.9. The molecular formula is C12H20N2O3S. The zero-order valence-corrected chi connectivity index (χ0v) is 11.8. The van der Waals surface area contributed by atoms with E-state index < -0.39 is 10.0 Å². The lowest BCUT2D eigenvalue weighted by Gasteiger charge is -2.14. The van der Waals surface area contributed by atoms with Crippen LogP contribution in [0.5, 0.6) is 5.75 Å². The first-order valence-corrected chi connectivity index (χ1v) is 7.34. The highest BCUT2D eigenvalue weighted by Crippen LogP contribution is 2.23. The minimum Gasteiger partial charge on any atom is -0.491 e. The van der Waals surface area contributed by atoms with E-state index in [4.69, 9.17) is 4.74 Å². The summed E-state index contributed by atoms with van der Waals surface area (Å²) < 4.78 is 32.2. The van der Waals surface area contributed by atoms with Crippen molar-refractivity contribution in [1.29, 1.82) is 0 Å². The number of hydrogen-bond donors (Lipinski definition) is 2. The molecule has 1 aromatic carbocycles. The van der Waals surface area contributed by atoms with Crippen molar-refractivity contribution in [3.05, 3.63) is 24.3 Å². The molecule has 0 aromatic heterocycles. The summed E-state index contributed by atoms with van der Waals surface area (Å²) in [5.41, 5.74) is 0. The van der Waals surface area contributed by atoms with Crippen LogP contribution >= 0.6 is 0 Å².